The molecule has 1 aromatic rings. The van der Waals surface area contributed by atoms with Crippen molar-refractivity contribution in [3.05, 3.63) is 20.8 Å². The molecule has 1 aliphatic heterocycles. The van der Waals surface area contributed by atoms with Crippen LogP contribution >= 0.6 is 39.7 Å². The number of carbonyl (C=O) groups excluding carboxylic acids is 1. The first-order valence-corrected chi connectivity index (χ1v) is 8.09. The first-order chi connectivity index (χ1) is 8.74. The molecule has 1 saturated heterocycles. The topological polar surface area (TPSA) is 41.1 Å². The summed E-state index contributed by atoms with van der Waals surface area (Å²) in [7, 11) is 0. The number of thiophene rings is 1. The van der Waals surface area contributed by atoms with Gasteiger partial charge in [-0.1, -0.05) is 0 Å². The Morgan fingerprint density at radius 3 is 3.00 bits per heavy atom. The van der Waals surface area contributed by atoms with E-state index in [9.17, 15) is 4.79 Å². The fourth-order valence-electron chi connectivity index (χ4n) is 2.17. The number of hydrogen-bond acceptors (Lipinski definition) is 3. The minimum absolute atomic E-state index is 0. The Bertz CT molecular complexity index is 394. The average molecular weight is 368 g/mol. The number of hydrogen-bond donors (Lipinski definition) is 2. The lowest BCUT2D eigenvalue weighted by Gasteiger charge is -2.11. The molecular weight excluding hydrogens is 348 g/mol. The van der Waals surface area contributed by atoms with Gasteiger partial charge in [0.25, 0.3) is 0 Å². The zero-order valence-corrected chi connectivity index (χ0v) is 14.0. The average Bonchev–Trinajstić information content (AvgIpc) is 2.98. The monoisotopic (exact) mass is 366 g/mol. The van der Waals surface area contributed by atoms with Gasteiger partial charge in [-0.2, -0.15) is 0 Å². The van der Waals surface area contributed by atoms with Gasteiger partial charge in [0.1, 0.15) is 0 Å². The van der Waals surface area contributed by atoms with E-state index >= 15 is 0 Å². The first-order valence-electron chi connectivity index (χ1n) is 6.48. The Balaban J connectivity index is 0.00000180. The third-order valence-electron chi connectivity index (χ3n) is 3.16. The lowest BCUT2D eigenvalue weighted by Crippen LogP contribution is -2.37. The van der Waals surface area contributed by atoms with Crippen LogP contribution in [0.25, 0.3) is 0 Å². The zero-order chi connectivity index (χ0) is 12.8. The number of carbonyl (C=O) groups is 1. The molecule has 0 radical (unpaired) electrons. The van der Waals surface area contributed by atoms with Crippen molar-refractivity contribution in [2.24, 2.45) is 0 Å². The standard InChI is InChI=1S/C13H19BrN2OS.ClH/c14-12-7-6-11(18-12)4-1-5-13(17)16-9-10-3-2-8-15-10;/h6-7,10,15H,1-5,8-9H2,(H,16,17);1H. The third-order valence-corrected chi connectivity index (χ3v) is 4.85. The number of amides is 1. The molecule has 108 valence electrons. The van der Waals surface area contributed by atoms with Gasteiger partial charge in [0.05, 0.1) is 3.79 Å². The molecule has 0 bridgehead atoms. The Morgan fingerprint density at radius 2 is 2.37 bits per heavy atom. The summed E-state index contributed by atoms with van der Waals surface area (Å²) in [5, 5.41) is 6.39. The Kier molecular flexibility index (Phi) is 7.99. The Morgan fingerprint density at radius 1 is 1.53 bits per heavy atom. The Hall–Kier alpha value is -0.100. The van der Waals surface area contributed by atoms with Crippen molar-refractivity contribution in [1.82, 2.24) is 10.6 Å². The smallest absolute Gasteiger partial charge is 0.220 e. The van der Waals surface area contributed by atoms with Gasteiger partial charge in [-0.3, -0.25) is 4.79 Å². The van der Waals surface area contributed by atoms with Crippen molar-refractivity contribution in [3.63, 3.8) is 0 Å². The maximum absolute atomic E-state index is 11.7. The van der Waals surface area contributed by atoms with E-state index in [1.807, 2.05) is 0 Å². The molecule has 19 heavy (non-hydrogen) atoms. The molecule has 1 amide bonds. The highest BCUT2D eigenvalue weighted by molar-refractivity contribution is 9.11. The normalized spacial score (nSPS) is 18.1. The predicted octanol–water partition coefficient (Wildman–Crippen LogP) is 3.12. The second kappa shape index (κ2) is 8.95. The van der Waals surface area contributed by atoms with Gasteiger partial charge < -0.3 is 10.6 Å². The van der Waals surface area contributed by atoms with Gasteiger partial charge in [-0.15, -0.1) is 23.7 Å². The summed E-state index contributed by atoms with van der Waals surface area (Å²) in [6.07, 6.45) is 4.96. The second-order valence-corrected chi connectivity index (χ2v) is 7.20. The molecule has 3 nitrogen and oxygen atoms in total. The lowest BCUT2D eigenvalue weighted by molar-refractivity contribution is -0.121. The highest BCUT2D eigenvalue weighted by Crippen LogP contribution is 2.23. The van der Waals surface area contributed by atoms with Crippen molar-refractivity contribution >= 4 is 45.6 Å². The van der Waals surface area contributed by atoms with Crippen molar-refractivity contribution in [1.29, 1.82) is 0 Å². The van der Waals surface area contributed by atoms with E-state index in [0.29, 0.717) is 12.5 Å². The fourth-order valence-corrected chi connectivity index (χ4v) is 3.69. The first kappa shape index (κ1) is 17.0. The zero-order valence-electron chi connectivity index (χ0n) is 10.8. The molecule has 6 heteroatoms. The van der Waals surface area contributed by atoms with Crippen LogP contribution in [0.3, 0.4) is 0 Å². The van der Waals surface area contributed by atoms with Crippen LogP contribution in [0.4, 0.5) is 0 Å². The third kappa shape index (κ3) is 6.25. The van der Waals surface area contributed by atoms with Crippen LogP contribution < -0.4 is 10.6 Å². The molecule has 1 unspecified atom stereocenters. The number of aryl methyl sites for hydroxylation is 1. The van der Waals surface area contributed by atoms with E-state index in [1.165, 1.54) is 17.7 Å². The van der Waals surface area contributed by atoms with Crippen LogP contribution in [0.1, 0.15) is 30.6 Å². The van der Waals surface area contributed by atoms with Gasteiger partial charge >= 0.3 is 0 Å². The molecule has 1 aromatic heterocycles. The largest absolute Gasteiger partial charge is 0.355 e. The highest BCUT2D eigenvalue weighted by atomic mass is 79.9. The molecule has 1 fully saturated rings. The van der Waals surface area contributed by atoms with Crippen LogP contribution in [0, 0.1) is 0 Å². The van der Waals surface area contributed by atoms with E-state index in [1.54, 1.807) is 11.3 Å². The van der Waals surface area contributed by atoms with Crippen molar-refractivity contribution in [2.75, 3.05) is 13.1 Å². The summed E-state index contributed by atoms with van der Waals surface area (Å²) < 4.78 is 1.16. The quantitative estimate of drug-likeness (QED) is 0.811. The van der Waals surface area contributed by atoms with Crippen LogP contribution in [-0.2, 0) is 11.2 Å². The number of rotatable bonds is 6. The molecular formula is C13H20BrClN2OS. The second-order valence-electron chi connectivity index (χ2n) is 4.66. The van der Waals surface area contributed by atoms with Crippen molar-refractivity contribution in [2.45, 2.75) is 38.1 Å². The molecule has 1 atom stereocenters. The van der Waals surface area contributed by atoms with Crippen LogP contribution in [0.2, 0.25) is 0 Å². The minimum atomic E-state index is 0. The summed E-state index contributed by atoms with van der Waals surface area (Å²) in [5.41, 5.74) is 0. The van der Waals surface area contributed by atoms with Crippen LogP contribution in [0.15, 0.2) is 15.9 Å². The van der Waals surface area contributed by atoms with E-state index in [4.69, 9.17) is 0 Å². The summed E-state index contributed by atoms with van der Waals surface area (Å²) >= 11 is 5.20. The van der Waals surface area contributed by atoms with Gasteiger partial charge in [0.15, 0.2) is 0 Å². The lowest BCUT2D eigenvalue weighted by atomic mass is 10.2. The van der Waals surface area contributed by atoms with Gasteiger partial charge in [-0.05, 0) is 60.3 Å². The number of nitrogens with one attached hydrogen (secondary N) is 2. The fraction of sp³-hybridized carbons (Fsp3) is 0.615. The highest BCUT2D eigenvalue weighted by Gasteiger charge is 2.14. The number of halogens is 2. The van der Waals surface area contributed by atoms with Crippen molar-refractivity contribution < 1.29 is 4.79 Å². The molecule has 2 heterocycles. The van der Waals surface area contributed by atoms with Gasteiger partial charge in [0, 0.05) is 23.9 Å². The van der Waals surface area contributed by atoms with Crippen LogP contribution in [0.5, 0.6) is 0 Å². The van der Waals surface area contributed by atoms with Gasteiger partial charge in [0.2, 0.25) is 5.91 Å². The molecule has 0 saturated carbocycles. The molecule has 0 aliphatic carbocycles. The predicted molar refractivity (Wildman–Crippen MR) is 86.2 cm³/mol. The van der Waals surface area contributed by atoms with Crippen LogP contribution in [-0.4, -0.2) is 25.0 Å². The SMILES string of the molecule is Cl.O=C(CCCc1ccc(Br)s1)NCC1CCCN1. The van der Waals surface area contributed by atoms with Gasteiger partial charge in [-0.25, -0.2) is 0 Å². The summed E-state index contributed by atoms with van der Waals surface area (Å²) in [6, 6.07) is 4.67. The molecule has 0 spiro atoms. The summed E-state index contributed by atoms with van der Waals surface area (Å²) in [4.78, 5) is 13.0. The van der Waals surface area contributed by atoms with E-state index in [0.717, 1.165) is 29.7 Å². The maximum atomic E-state index is 11.7. The molecule has 2 rings (SSSR count). The minimum Gasteiger partial charge on any atom is -0.355 e. The van der Waals surface area contributed by atoms with Crippen molar-refractivity contribution in [3.8, 4) is 0 Å². The molecule has 1 aliphatic rings. The van der Waals surface area contributed by atoms with E-state index in [2.05, 4.69) is 38.7 Å². The molecule has 0 aromatic carbocycles. The molecule has 2 N–H and O–H groups in total. The Labute approximate surface area is 133 Å². The van der Waals surface area contributed by atoms with E-state index < -0.39 is 0 Å². The summed E-state index contributed by atoms with van der Waals surface area (Å²) in [6.45, 7) is 1.87. The van der Waals surface area contributed by atoms with E-state index in [-0.39, 0.29) is 18.3 Å². The summed E-state index contributed by atoms with van der Waals surface area (Å²) in [5.74, 6) is 0.180. The maximum Gasteiger partial charge on any atom is 0.220 e.